The number of rotatable bonds is 3. The van der Waals surface area contributed by atoms with Gasteiger partial charge in [0.2, 0.25) is 0 Å². The molecule has 0 aliphatic carbocycles. The van der Waals surface area contributed by atoms with E-state index in [4.69, 9.17) is 27.3 Å². The monoisotopic (exact) mass is 421 g/mol. The summed E-state index contributed by atoms with van der Waals surface area (Å²) >= 11 is 6.74. The summed E-state index contributed by atoms with van der Waals surface area (Å²) in [5.74, 6) is 1.60. The molecule has 0 spiro atoms. The van der Waals surface area contributed by atoms with E-state index in [1.807, 2.05) is 37.8 Å². The highest BCUT2D eigenvalue weighted by Crippen LogP contribution is 2.42. The molecule has 0 saturated carbocycles. The molecule has 0 amide bonds. The lowest BCUT2D eigenvalue weighted by Gasteiger charge is -2.39. The van der Waals surface area contributed by atoms with Gasteiger partial charge in [0, 0.05) is 48.0 Å². The fraction of sp³-hybridized carbons (Fsp3) is 0.409. The largest absolute Gasteiger partial charge is 0.349 e. The number of nitrogens with two attached hydrogens (primary N) is 1. The van der Waals surface area contributed by atoms with Gasteiger partial charge < -0.3 is 15.6 Å². The van der Waals surface area contributed by atoms with Crippen molar-refractivity contribution in [1.82, 2.24) is 24.7 Å². The lowest BCUT2D eigenvalue weighted by Crippen LogP contribution is -2.45. The zero-order valence-electron chi connectivity index (χ0n) is 16.8. The zero-order chi connectivity index (χ0) is 20.4. The average molecular weight is 422 g/mol. The fourth-order valence-electron chi connectivity index (χ4n) is 5.46. The highest BCUT2D eigenvalue weighted by Gasteiger charge is 2.41. The molecular weight excluding hydrogens is 398 g/mol. The van der Waals surface area contributed by atoms with Crippen molar-refractivity contribution in [3.63, 3.8) is 0 Å². The minimum absolute atomic E-state index is 0.529. The van der Waals surface area contributed by atoms with Crippen LogP contribution in [0.25, 0.3) is 33.2 Å². The third-order valence-corrected chi connectivity index (χ3v) is 7.23. The average Bonchev–Trinajstić information content (AvgIpc) is 3.41. The van der Waals surface area contributed by atoms with Gasteiger partial charge in [-0.3, -0.25) is 4.68 Å². The van der Waals surface area contributed by atoms with Crippen LogP contribution in [0.3, 0.4) is 0 Å². The normalized spacial score (nSPS) is 23.7. The minimum Gasteiger partial charge on any atom is -0.349 e. The van der Waals surface area contributed by atoms with Crippen LogP contribution in [-0.2, 0) is 7.05 Å². The Labute approximate surface area is 179 Å². The smallest absolute Gasteiger partial charge is 0.159 e. The molecule has 30 heavy (non-hydrogen) atoms. The first kappa shape index (κ1) is 18.2. The highest BCUT2D eigenvalue weighted by atomic mass is 35.5. The molecule has 2 saturated heterocycles. The van der Waals surface area contributed by atoms with Crippen LogP contribution in [0, 0.1) is 5.92 Å². The van der Waals surface area contributed by atoms with E-state index in [-0.39, 0.29) is 0 Å². The molecular formula is C22H24ClN7. The molecule has 2 atom stereocenters. The molecule has 6 rings (SSSR count). The number of halogens is 1. The van der Waals surface area contributed by atoms with Gasteiger partial charge in [0.25, 0.3) is 0 Å². The summed E-state index contributed by atoms with van der Waals surface area (Å²) in [5, 5.41) is 6.07. The number of nitrogens with one attached hydrogen (secondary N) is 1. The number of aryl methyl sites for hydroxylation is 1. The van der Waals surface area contributed by atoms with Gasteiger partial charge in [0.05, 0.1) is 16.7 Å². The Kier molecular flexibility index (Phi) is 4.05. The second-order valence-corrected chi connectivity index (χ2v) is 9.03. The van der Waals surface area contributed by atoms with Gasteiger partial charge in [0.15, 0.2) is 5.65 Å². The van der Waals surface area contributed by atoms with E-state index in [1.54, 1.807) is 4.68 Å². The first-order valence-corrected chi connectivity index (χ1v) is 10.9. The topological polar surface area (TPSA) is 88.7 Å². The third kappa shape index (κ3) is 2.65. The maximum atomic E-state index is 6.74. The van der Waals surface area contributed by atoms with E-state index in [9.17, 15) is 0 Å². The van der Waals surface area contributed by atoms with Crippen LogP contribution in [0.2, 0.25) is 5.02 Å². The summed E-state index contributed by atoms with van der Waals surface area (Å²) in [4.78, 5) is 15.6. The molecule has 8 heteroatoms. The minimum atomic E-state index is 0.529. The molecule has 2 bridgehead atoms. The highest BCUT2D eigenvalue weighted by molar-refractivity contribution is 6.38. The SMILES string of the molecule is Cn1cc2c(Cl)c(-c3c[nH]c4nc(N5C6CCC5CC(CN)C6)cnc34)ccc2n1. The number of aromatic amines is 1. The molecule has 3 aromatic heterocycles. The number of fused-ring (bicyclic) bond motifs is 4. The fourth-order valence-corrected chi connectivity index (χ4v) is 5.77. The van der Waals surface area contributed by atoms with Crippen molar-refractivity contribution in [3.8, 4) is 11.1 Å². The molecule has 7 nitrogen and oxygen atoms in total. The Hall–Kier alpha value is -2.64. The zero-order valence-corrected chi connectivity index (χ0v) is 17.6. The number of H-pyrrole nitrogens is 1. The molecule has 154 valence electrons. The Bertz CT molecular complexity index is 1250. The van der Waals surface area contributed by atoms with Crippen molar-refractivity contribution in [2.75, 3.05) is 11.4 Å². The van der Waals surface area contributed by atoms with Gasteiger partial charge in [-0.25, -0.2) is 9.97 Å². The van der Waals surface area contributed by atoms with Crippen molar-refractivity contribution >= 4 is 39.5 Å². The van der Waals surface area contributed by atoms with Crippen molar-refractivity contribution in [3.05, 3.63) is 35.7 Å². The summed E-state index contributed by atoms with van der Waals surface area (Å²) < 4.78 is 1.78. The summed E-state index contributed by atoms with van der Waals surface area (Å²) in [5.41, 5.74) is 10.4. The van der Waals surface area contributed by atoms with E-state index < -0.39 is 0 Å². The molecule has 2 aliphatic rings. The van der Waals surface area contributed by atoms with E-state index in [1.165, 1.54) is 12.8 Å². The van der Waals surface area contributed by atoms with Crippen molar-refractivity contribution < 1.29 is 0 Å². The lowest BCUT2D eigenvalue weighted by atomic mass is 9.91. The van der Waals surface area contributed by atoms with Gasteiger partial charge in [-0.2, -0.15) is 5.10 Å². The molecule has 5 heterocycles. The number of hydrogen-bond acceptors (Lipinski definition) is 5. The predicted molar refractivity (Wildman–Crippen MR) is 120 cm³/mol. The van der Waals surface area contributed by atoms with E-state index in [0.29, 0.717) is 23.0 Å². The molecule has 4 aromatic rings. The van der Waals surface area contributed by atoms with Gasteiger partial charge in [-0.05, 0) is 44.2 Å². The van der Waals surface area contributed by atoms with E-state index >= 15 is 0 Å². The molecule has 2 aliphatic heterocycles. The second-order valence-electron chi connectivity index (χ2n) is 8.66. The Morgan fingerprint density at radius 1 is 1.20 bits per heavy atom. The van der Waals surface area contributed by atoms with Crippen LogP contribution >= 0.6 is 11.6 Å². The summed E-state index contributed by atoms with van der Waals surface area (Å²) in [6.07, 6.45) is 10.6. The number of nitrogens with zero attached hydrogens (tertiary/aromatic N) is 5. The molecule has 3 N–H and O–H groups in total. The van der Waals surface area contributed by atoms with Gasteiger partial charge >= 0.3 is 0 Å². The molecule has 2 unspecified atom stereocenters. The standard InChI is InChI=1S/C22H24ClN7/c1-29-11-17-18(28-29)5-4-15(20(17)23)16-9-26-22-21(16)25-10-19(27-22)30-13-2-3-14(30)7-12(6-13)8-24/h4-5,9-14H,2-3,6-8,24H2,1H3,(H,26,27). The maximum Gasteiger partial charge on any atom is 0.159 e. The lowest BCUT2D eigenvalue weighted by molar-refractivity contribution is 0.345. The first-order valence-electron chi connectivity index (χ1n) is 10.6. The second kappa shape index (κ2) is 6.68. The number of aromatic nitrogens is 5. The van der Waals surface area contributed by atoms with Crippen molar-refractivity contribution in [1.29, 1.82) is 0 Å². The quantitative estimate of drug-likeness (QED) is 0.524. The van der Waals surface area contributed by atoms with Crippen LogP contribution in [0.1, 0.15) is 25.7 Å². The van der Waals surface area contributed by atoms with Crippen LogP contribution < -0.4 is 10.6 Å². The van der Waals surface area contributed by atoms with Crippen LogP contribution in [0.15, 0.2) is 30.7 Å². The van der Waals surface area contributed by atoms with Gasteiger partial charge in [-0.1, -0.05) is 17.7 Å². The van der Waals surface area contributed by atoms with Crippen LogP contribution in [0.4, 0.5) is 5.82 Å². The van der Waals surface area contributed by atoms with Crippen LogP contribution in [-0.4, -0.2) is 43.4 Å². The first-order chi connectivity index (χ1) is 14.6. The maximum absolute atomic E-state index is 6.74. The van der Waals surface area contributed by atoms with Crippen molar-refractivity contribution in [2.45, 2.75) is 37.8 Å². The van der Waals surface area contributed by atoms with E-state index in [2.05, 4.69) is 15.0 Å². The molecule has 1 aromatic carbocycles. The Morgan fingerprint density at radius 2 is 2.00 bits per heavy atom. The van der Waals surface area contributed by atoms with Gasteiger partial charge in [-0.15, -0.1) is 0 Å². The Balaban J connectivity index is 1.39. The predicted octanol–water partition coefficient (Wildman–Crippen LogP) is 3.87. The van der Waals surface area contributed by atoms with Crippen molar-refractivity contribution in [2.24, 2.45) is 18.7 Å². The third-order valence-electron chi connectivity index (χ3n) is 6.83. The summed E-state index contributed by atoms with van der Waals surface area (Å²) in [6.45, 7) is 0.785. The van der Waals surface area contributed by atoms with Gasteiger partial charge in [0.1, 0.15) is 11.3 Å². The molecule has 2 fully saturated rings. The number of hydrogen-bond donors (Lipinski definition) is 2. The van der Waals surface area contributed by atoms with E-state index in [0.717, 1.165) is 58.4 Å². The molecule has 0 radical (unpaired) electrons. The number of benzene rings is 1. The number of anilines is 1. The summed E-state index contributed by atoms with van der Waals surface area (Å²) in [6, 6.07) is 5.06. The number of piperidine rings is 1. The Morgan fingerprint density at radius 3 is 2.77 bits per heavy atom. The van der Waals surface area contributed by atoms with Crippen LogP contribution in [0.5, 0.6) is 0 Å². The summed E-state index contributed by atoms with van der Waals surface area (Å²) in [7, 11) is 1.90.